The quantitative estimate of drug-likeness (QED) is 0.726. The molecule has 0 saturated heterocycles. The lowest BCUT2D eigenvalue weighted by molar-refractivity contribution is -0.132. The zero-order valence-corrected chi connectivity index (χ0v) is 18.2. The minimum Gasteiger partial charge on any atom is -0.493 e. The van der Waals surface area contributed by atoms with E-state index in [9.17, 15) is 13.2 Å². The van der Waals surface area contributed by atoms with Crippen molar-refractivity contribution in [2.75, 3.05) is 25.2 Å². The Morgan fingerprint density at radius 2 is 1.90 bits per heavy atom. The van der Waals surface area contributed by atoms with Crippen LogP contribution in [0, 0.1) is 0 Å². The van der Waals surface area contributed by atoms with Crippen molar-refractivity contribution in [2.24, 2.45) is 5.10 Å². The van der Waals surface area contributed by atoms with E-state index < -0.39 is 10.0 Å². The average molecular weight is 432 g/mol. The molecule has 2 aromatic carbocycles. The van der Waals surface area contributed by atoms with E-state index in [2.05, 4.69) is 9.82 Å². The normalized spacial score (nSPS) is 16.2. The number of nitrogens with one attached hydrogen (secondary N) is 1. The number of hydrogen-bond donors (Lipinski definition) is 1. The van der Waals surface area contributed by atoms with E-state index in [0.717, 1.165) is 17.4 Å². The van der Waals surface area contributed by atoms with Crippen LogP contribution in [0.3, 0.4) is 0 Å². The second kappa shape index (κ2) is 8.74. The number of benzene rings is 2. The fourth-order valence-electron chi connectivity index (χ4n) is 3.37. The molecular weight excluding hydrogens is 406 g/mol. The van der Waals surface area contributed by atoms with Crippen molar-refractivity contribution in [3.05, 3.63) is 53.6 Å². The van der Waals surface area contributed by atoms with Gasteiger partial charge >= 0.3 is 0 Å². The van der Waals surface area contributed by atoms with Gasteiger partial charge in [-0.05, 0) is 35.4 Å². The number of ether oxygens (including phenoxy) is 2. The van der Waals surface area contributed by atoms with Gasteiger partial charge in [0, 0.05) is 18.5 Å². The lowest BCUT2D eigenvalue weighted by Gasteiger charge is -2.22. The molecular formula is C21H25N3O5S. The summed E-state index contributed by atoms with van der Waals surface area (Å²) in [5.41, 5.74) is 2.77. The Kier molecular flexibility index (Phi) is 6.31. The first-order chi connectivity index (χ1) is 14.3. The fraction of sp³-hybridized carbons (Fsp3) is 0.333. The van der Waals surface area contributed by atoms with E-state index in [0.29, 0.717) is 35.7 Å². The predicted molar refractivity (Wildman–Crippen MR) is 115 cm³/mol. The molecule has 1 N–H and O–H groups in total. The van der Waals surface area contributed by atoms with Crippen LogP contribution in [0.5, 0.6) is 11.5 Å². The number of carbonyl (C=O) groups is 1. The molecule has 1 atom stereocenters. The topological polar surface area (TPSA) is 97.3 Å². The SMILES string of the molecule is CCC(=O)N1N=C(c2cccc(NS(C)(=O)=O)c2)C[C@H]1c1ccc(OC)c(OC)c1. The zero-order chi connectivity index (χ0) is 21.9. The molecule has 1 amide bonds. The highest BCUT2D eigenvalue weighted by atomic mass is 32.2. The van der Waals surface area contributed by atoms with Gasteiger partial charge in [0.05, 0.1) is 32.2 Å². The van der Waals surface area contributed by atoms with Crippen molar-refractivity contribution >= 4 is 27.3 Å². The van der Waals surface area contributed by atoms with Crippen LogP contribution in [0.4, 0.5) is 5.69 Å². The van der Waals surface area contributed by atoms with Gasteiger partial charge in [0.1, 0.15) is 0 Å². The minimum atomic E-state index is -3.39. The summed E-state index contributed by atoms with van der Waals surface area (Å²) in [5.74, 6) is 1.08. The number of amides is 1. The highest BCUT2D eigenvalue weighted by Crippen LogP contribution is 2.37. The van der Waals surface area contributed by atoms with Gasteiger partial charge in [-0.15, -0.1) is 0 Å². The number of rotatable bonds is 7. The summed E-state index contributed by atoms with van der Waals surface area (Å²) < 4.78 is 36.3. The average Bonchev–Trinajstić information content (AvgIpc) is 3.17. The molecule has 30 heavy (non-hydrogen) atoms. The number of methoxy groups -OCH3 is 2. The summed E-state index contributed by atoms with van der Waals surface area (Å²) in [6.07, 6.45) is 1.90. The van der Waals surface area contributed by atoms with Gasteiger partial charge in [-0.25, -0.2) is 13.4 Å². The van der Waals surface area contributed by atoms with E-state index >= 15 is 0 Å². The summed E-state index contributed by atoms with van der Waals surface area (Å²) in [6, 6.07) is 12.2. The Morgan fingerprint density at radius 3 is 2.53 bits per heavy atom. The maximum absolute atomic E-state index is 12.6. The Bertz CT molecular complexity index is 1080. The van der Waals surface area contributed by atoms with Crippen molar-refractivity contribution in [1.82, 2.24) is 5.01 Å². The van der Waals surface area contributed by atoms with E-state index in [1.165, 1.54) is 5.01 Å². The Balaban J connectivity index is 1.96. The standard InChI is InChI=1S/C21H25N3O5S/c1-5-21(25)24-18(15-9-10-19(28-2)20(12-15)29-3)13-17(22-24)14-7-6-8-16(11-14)23-30(4,26)27/h6-12,18,23H,5,13H2,1-4H3/t18-/m0/s1. The van der Waals surface area contributed by atoms with Crippen molar-refractivity contribution in [3.63, 3.8) is 0 Å². The molecule has 0 fully saturated rings. The third kappa shape index (κ3) is 4.73. The fourth-order valence-corrected chi connectivity index (χ4v) is 3.93. The number of nitrogens with zero attached hydrogens (tertiary/aromatic N) is 2. The molecule has 0 unspecified atom stereocenters. The smallest absolute Gasteiger partial charge is 0.242 e. The maximum Gasteiger partial charge on any atom is 0.242 e. The lowest BCUT2D eigenvalue weighted by atomic mass is 9.97. The van der Waals surface area contributed by atoms with Crippen LogP contribution in [0.15, 0.2) is 47.6 Å². The van der Waals surface area contributed by atoms with E-state index in [-0.39, 0.29) is 11.9 Å². The monoisotopic (exact) mass is 431 g/mol. The molecule has 2 aromatic rings. The second-order valence-corrected chi connectivity index (χ2v) is 8.68. The van der Waals surface area contributed by atoms with Gasteiger partial charge < -0.3 is 9.47 Å². The molecule has 0 bridgehead atoms. The molecule has 0 aromatic heterocycles. The zero-order valence-electron chi connectivity index (χ0n) is 17.4. The van der Waals surface area contributed by atoms with Crippen molar-refractivity contribution < 1.29 is 22.7 Å². The number of hydrogen-bond acceptors (Lipinski definition) is 6. The molecule has 0 saturated carbocycles. The van der Waals surface area contributed by atoms with Crippen LogP contribution in [0.25, 0.3) is 0 Å². The molecule has 0 aliphatic carbocycles. The third-order valence-corrected chi connectivity index (χ3v) is 5.37. The number of anilines is 1. The van der Waals surface area contributed by atoms with Crippen molar-refractivity contribution in [1.29, 1.82) is 0 Å². The second-order valence-electron chi connectivity index (χ2n) is 6.93. The van der Waals surface area contributed by atoms with Gasteiger partial charge in [-0.3, -0.25) is 9.52 Å². The van der Waals surface area contributed by atoms with Crippen LogP contribution in [-0.2, 0) is 14.8 Å². The highest BCUT2D eigenvalue weighted by Gasteiger charge is 2.33. The first-order valence-electron chi connectivity index (χ1n) is 9.45. The maximum atomic E-state index is 12.6. The Morgan fingerprint density at radius 1 is 1.17 bits per heavy atom. The molecule has 0 spiro atoms. The molecule has 160 valence electrons. The Labute approximate surface area is 176 Å². The van der Waals surface area contributed by atoms with Gasteiger partial charge in [0.25, 0.3) is 0 Å². The predicted octanol–water partition coefficient (Wildman–Crippen LogP) is 3.16. The third-order valence-electron chi connectivity index (χ3n) is 4.76. The Hall–Kier alpha value is -3.07. The molecule has 3 rings (SSSR count). The molecule has 1 aliphatic heterocycles. The number of hydrazone groups is 1. The lowest BCUT2D eigenvalue weighted by Crippen LogP contribution is -2.26. The number of carbonyl (C=O) groups excluding carboxylic acids is 1. The molecule has 1 heterocycles. The van der Waals surface area contributed by atoms with E-state index in [1.54, 1.807) is 45.4 Å². The summed E-state index contributed by atoms with van der Waals surface area (Å²) in [5, 5.41) is 6.07. The minimum absolute atomic E-state index is 0.102. The molecule has 8 nitrogen and oxygen atoms in total. The van der Waals surface area contributed by atoms with Crippen LogP contribution in [-0.4, -0.2) is 45.5 Å². The molecule has 1 aliphatic rings. The molecule has 9 heteroatoms. The van der Waals surface area contributed by atoms with Gasteiger partial charge in [-0.2, -0.15) is 5.10 Å². The van der Waals surface area contributed by atoms with E-state index in [4.69, 9.17) is 9.47 Å². The summed E-state index contributed by atoms with van der Waals surface area (Å²) in [7, 11) is -0.263. The van der Waals surface area contributed by atoms with Crippen LogP contribution in [0.1, 0.15) is 36.9 Å². The van der Waals surface area contributed by atoms with Crippen LogP contribution >= 0.6 is 0 Å². The first kappa shape index (κ1) is 21.6. The van der Waals surface area contributed by atoms with Crippen molar-refractivity contribution in [2.45, 2.75) is 25.8 Å². The van der Waals surface area contributed by atoms with Gasteiger partial charge in [-0.1, -0.05) is 25.1 Å². The van der Waals surface area contributed by atoms with Gasteiger partial charge in [0.2, 0.25) is 15.9 Å². The summed E-state index contributed by atoms with van der Waals surface area (Å²) in [6.45, 7) is 1.79. The van der Waals surface area contributed by atoms with Crippen molar-refractivity contribution in [3.8, 4) is 11.5 Å². The van der Waals surface area contributed by atoms with Gasteiger partial charge in [0.15, 0.2) is 11.5 Å². The summed E-state index contributed by atoms with van der Waals surface area (Å²) in [4.78, 5) is 12.6. The summed E-state index contributed by atoms with van der Waals surface area (Å²) >= 11 is 0. The largest absolute Gasteiger partial charge is 0.493 e. The highest BCUT2D eigenvalue weighted by molar-refractivity contribution is 7.92. The first-order valence-corrected chi connectivity index (χ1v) is 11.3. The number of sulfonamides is 1. The van der Waals surface area contributed by atoms with E-state index in [1.807, 2.05) is 18.2 Å². The molecule has 0 radical (unpaired) electrons. The van der Waals surface area contributed by atoms with Crippen LogP contribution < -0.4 is 14.2 Å². The van der Waals surface area contributed by atoms with Crippen LogP contribution in [0.2, 0.25) is 0 Å².